The Morgan fingerprint density at radius 3 is 3.11 bits per heavy atom. The number of hydrogen-bond donors (Lipinski definition) is 1. The molecule has 4 nitrogen and oxygen atoms in total. The van der Waals surface area contributed by atoms with E-state index in [1.54, 1.807) is 11.3 Å². The predicted molar refractivity (Wildman–Crippen MR) is 75.6 cm³/mol. The largest absolute Gasteiger partial charge is 0.375 e. The molecule has 1 aromatic heterocycles. The van der Waals surface area contributed by atoms with E-state index in [9.17, 15) is 0 Å². The molecule has 0 aromatic carbocycles. The molecule has 0 aliphatic carbocycles. The number of fused-ring (bicyclic) bond motifs is 1. The quantitative estimate of drug-likeness (QED) is 0.906. The lowest BCUT2D eigenvalue weighted by Gasteiger charge is -2.43. The fraction of sp³-hybridized carbons (Fsp3) is 0.769. The highest BCUT2D eigenvalue weighted by Gasteiger charge is 2.35. The summed E-state index contributed by atoms with van der Waals surface area (Å²) >= 11 is 1.63. The van der Waals surface area contributed by atoms with Crippen molar-refractivity contribution in [2.45, 2.75) is 44.8 Å². The van der Waals surface area contributed by atoms with Gasteiger partial charge >= 0.3 is 0 Å². The summed E-state index contributed by atoms with van der Waals surface area (Å²) in [7, 11) is 0. The zero-order chi connectivity index (χ0) is 12.5. The van der Waals surface area contributed by atoms with Crippen LogP contribution in [0.15, 0.2) is 6.20 Å². The van der Waals surface area contributed by atoms with Gasteiger partial charge in [0.2, 0.25) is 0 Å². The van der Waals surface area contributed by atoms with E-state index in [0.29, 0.717) is 11.2 Å². The van der Waals surface area contributed by atoms with E-state index in [1.165, 1.54) is 43.8 Å². The van der Waals surface area contributed by atoms with Gasteiger partial charge in [0, 0.05) is 42.8 Å². The highest BCUT2D eigenvalue weighted by atomic mass is 32.1. The first-order valence-corrected chi connectivity index (χ1v) is 7.76. The third-order valence-electron chi connectivity index (χ3n) is 4.31. The number of aromatic nitrogens is 1. The SMILES string of the molecule is CCC1CN2CCCC2CN1Cc1cnc(N)s1. The minimum Gasteiger partial charge on any atom is -0.375 e. The Hall–Kier alpha value is -0.650. The monoisotopic (exact) mass is 266 g/mol. The van der Waals surface area contributed by atoms with Crippen molar-refractivity contribution < 1.29 is 0 Å². The Balaban J connectivity index is 1.69. The molecule has 3 heterocycles. The Labute approximate surface area is 113 Å². The number of nitrogen functional groups attached to an aromatic ring is 1. The van der Waals surface area contributed by atoms with Crippen molar-refractivity contribution in [3.63, 3.8) is 0 Å². The van der Waals surface area contributed by atoms with Crippen LogP contribution in [0.5, 0.6) is 0 Å². The van der Waals surface area contributed by atoms with Crippen LogP contribution in [0.25, 0.3) is 0 Å². The third kappa shape index (κ3) is 2.39. The van der Waals surface area contributed by atoms with Crippen LogP contribution < -0.4 is 5.73 Å². The van der Waals surface area contributed by atoms with Crippen LogP contribution in [0.2, 0.25) is 0 Å². The maximum Gasteiger partial charge on any atom is 0.180 e. The predicted octanol–water partition coefficient (Wildman–Crippen LogP) is 1.78. The summed E-state index contributed by atoms with van der Waals surface area (Å²) in [6, 6.07) is 1.49. The summed E-state index contributed by atoms with van der Waals surface area (Å²) in [4.78, 5) is 10.8. The minimum atomic E-state index is 0.692. The average Bonchev–Trinajstić information content (AvgIpc) is 2.97. The van der Waals surface area contributed by atoms with E-state index in [1.807, 2.05) is 6.20 Å². The summed E-state index contributed by atoms with van der Waals surface area (Å²) in [5.74, 6) is 0. The molecule has 0 radical (unpaired) electrons. The van der Waals surface area contributed by atoms with Gasteiger partial charge in [-0.3, -0.25) is 9.80 Å². The highest BCUT2D eigenvalue weighted by Crippen LogP contribution is 2.28. The van der Waals surface area contributed by atoms with Crippen LogP contribution >= 0.6 is 11.3 Å². The van der Waals surface area contributed by atoms with E-state index in [0.717, 1.165) is 12.6 Å². The van der Waals surface area contributed by atoms with Crippen molar-refractivity contribution in [1.29, 1.82) is 0 Å². The highest BCUT2D eigenvalue weighted by molar-refractivity contribution is 7.15. The van der Waals surface area contributed by atoms with Crippen LogP contribution in [0.1, 0.15) is 31.1 Å². The van der Waals surface area contributed by atoms with E-state index in [2.05, 4.69) is 21.7 Å². The number of nitrogens with zero attached hydrogens (tertiary/aromatic N) is 3. The van der Waals surface area contributed by atoms with Crippen molar-refractivity contribution >= 4 is 16.5 Å². The lowest BCUT2D eigenvalue weighted by Crippen LogP contribution is -2.55. The molecule has 2 fully saturated rings. The normalized spacial score (nSPS) is 29.6. The maximum atomic E-state index is 5.72. The first-order valence-electron chi connectivity index (χ1n) is 6.94. The summed E-state index contributed by atoms with van der Waals surface area (Å²) in [6.07, 6.45) is 5.92. The zero-order valence-corrected chi connectivity index (χ0v) is 11.8. The Morgan fingerprint density at radius 1 is 1.50 bits per heavy atom. The van der Waals surface area contributed by atoms with Gasteiger partial charge in [-0.1, -0.05) is 6.92 Å². The number of piperazine rings is 1. The smallest absolute Gasteiger partial charge is 0.180 e. The van der Waals surface area contributed by atoms with Crippen molar-refractivity contribution in [3.8, 4) is 0 Å². The molecule has 100 valence electrons. The molecule has 1 aromatic rings. The molecule has 2 saturated heterocycles. The molecule has 2 unspecified atom stereocenters. The van der Waals surface area contributed by atoms with Crippen LogP contribution in [-0.2, 0) is 6.54 Å². The molecule has 3 rings (SSSR count). The van der Waals surface area contributed by atoms with Crippen LogP contribution in [-0.4, -0.2) is 46.5 Å². The van der Waals surface area contributed by atoms with Crippen molar-refractivity contribution in [3.05, 3.63) is 11.1 Å². The second kappa shape index (κ2) is 5.15. The second-order valence-electron chi connectivity index (χ2n) is 5.45. The molecule has 2 aliphatic rings. The molecular formula is C13H22N4S. The van der Waals surface area contributed by atoms with Gasteiger partial charge in [-0.2, -0.15) is 0 Å². The third-order valence-corrected chi connectivity index (χ3v) is 5.12. The van der Waals surface area contributed by atoms with E-state index in [-0.39, 0.29) is 0 Å². The Bertz CT molecular complexity index is 405. The topological polar surface area (TPSA) is 45.4 Å². The second-order valence-corrected chi connectivity index (χ2v) is 6.59. The van der Waals surface area contributed by atoms with Crippen LogP contribution in [0, 0.1) is 0 Å². The molecule has 2 aliphatic heterocycles. The number of thiazole rings is 1. The van der Waals surface area contributed by atoms with Gasteiger partial charge in [0.1, 0.15) is 0 Å². The number of rotatable bonds is 3. The van der Waals surface area contributed by atoms with Gasteiger partial charge in [0.25, 0.3) is 0 Å². The fourth-order valence-corrected chi connectivity index (χ4v) is 4.03. The van der Waals surface area contributed by atoms with Crippen LogP contribution in [0.3, 0.4) is 0 Å². The molecule has 2 N–H and O–H groups in total. The molecule has 5 heteroatoms. The summed E-state index contributed by atoms with van der Waals surface area (Å²) in [5, 5.41) is 0.692. The van der Waals surface area contributed by atoms with Gasteiger partial charge in [-0.25, -0.2) is 4.98 Å². The fourth-order valence-electron chi connectivity index (χ4n) is 3.33. The van der Waals surface area contributed by atoms with Crippen molar-refractivity contribution in [2.75, 3.05) is 25.4 Å². The zero-order valence-electron chi connectivity index (χ0n) is 11.0. The molecule has 2 atom stereocenters. The lowest BCUT2D eigenvalue weighted by atomic mass is 10.1. The van der Waals surface area contributed by atoms with Gasteiger partial charge in [0.15, 0.2) is 5.13 Å². The van der Waals surface area contributed by atoms with Gasteiger partial charge in [0.05, 0.1) is 0 Å². The molecule has 18 heavy (non-hydrogen) atoms. The number of hydrogen-bond acceptors (Lipinski definition) is 5. The first-order chi connectivity index (χ1) is 8.76. The molecular weight excluding hydrogens is 244 g/mol. The van der Waals surface area contributed by atoms with Gasteiger partial charge in [-0.15, -0.1) is 11.3 Å². The maximum absolute atomic E-state index is 5.72. The number of anilines is 1. The van der Waals surface area contributed by atoms with E-state index in [4.69, 9.17) is 5.73 Å². The van der Waals surface area contributed by atoms with E-state index < -0.39 is 0 Å². The molecule has 0 bridgehead atoms. The Kier molecular flexibility index (Phi) is 3.54. The first kappa shape index (κ1) is 12.4. The summed E-state index contributed by atoms with van der Waals surface area (Å²) in [5.41, 5.74) is 5.72. The lowest BCUT2D eigenvalue weighted by molar-refractivity contribution is 0.0443. The van der Waals surface area contributed by atoms with Gasteiger partial charge < -0.3 is 5.73 Å². The molecule has 0 spiro atoms. The molecule has 0 saturated carbocycles. The van der Waals surface area contributed by atoms with Gasteiger partial charge in [-0.05, 0) is 25.8 Å². The standard InChI is InChI=1S/C13H22N4S/c1-2-10-7-16-5-3-4-11(16)8-17(10)9-12-6-15-13(14)18-12/h6,10-11H,2-5,7-9H2,1H3,(H2,14,15). The van der Waals surface area contributed by atoms with Crippen molar-refractivity contribution in [2.24, 2.45) is 0 Å². The summed E-state index contributed by atoms with van der Waals surface area (Å²) < 4.78 is 0. The number of nitrogens with two attached hydrogens (primary N) is 1. The van der Waals surface area contributed by atoms with Crippen molar-refractivity contribution in [1.82, 2.24) is 14.8 Å². The average molecular weight is 266 g/mol. The summed E-state index contributed by atoms with van der Waals surface area (Å²) in [6.45, 7) is 7.10. The molecule has 0 amide bonds. The van der Waals surface area contributed by atoms with Crippen LogP contribution in [0.4, 0.5) is 5.13 Å². The van der Waals surface area contributed by atoms with E-state index >= 15 is 0 Å². The minimum absolute atomic E-state index is 0.692. The Morgan fingerprint density at radius 2 is 2.39 bits per heavy atom.